The second kappa shape index (κ2) is 21.2. The number of para-hydroxylation sites is 3. The zero-order chi connectivity index (χ0) is 61.1. The van der Waals surface area contributed by atoms with Crippen molar-refractivity contribution in [2.45, 2.75) is 12.8 Å². The van der Waals surface area contributed by atoms with E-state index in [4.69, 9.17) is 15.0 Å². The van der Waals surface area contributed by atoms with Crippen LogP contribution in [0.2, 0.25) is 0 Å². The van der Waals surface area contributed by atoms with E-state index in [1.807, 2.05) is 18.2 Å². The molecule has 0 unspecified atom stereocenters. The number of fused-ring (bicyclic) bond motifs is 15. The SMILES string of the molecule is C1=CC(c2nc(-c3ccccc3)nc(-c3cccc(-c4cccc5c4c4ccccc4n5-c4ccc5c6ccccc6c6ccc(-n7c8ccc(-c9ccccc9)cc8c8cc(-c9ccc%10c(c9)c9ccccc9n%10-c9ccccc9)ccc87)cc6c5c4)c3)n2)=CCC1. The Morgan fingerprint density at radius 1 is 0.237 bits per heavy atom. The van der Waals surface area contributed by atoms with Crippen molar-refractivity contribution < 1.29 is 0 Å². The van der Waals surface area contributed by atoms with Crippen molar-refractivity contribution in [2.24, 2.45) is 0 Å². The summed E-state index contributed by atoms with van der Waals surface area (Å²) in [4.78, 5) is 15.3. The molecular weight excluding hydrogens is 1130 g/mol. The highest BCUT2D eigenvalue weighted by molar-refractivity contribution is 6.26. The fourth-order valence-electron chi connectivity index (χ4n) is 15.0. The Morgan fingerprint density at radius 3 is 1.30 bits per heavy atom. The van der Waals surface area contributed by atoms with E-state index in [2.05, 4.69) is 311 Å². The zero-order valence-electron chi connectivity index (χ0n) is 50.6. The number of benzene rings is 14. The number of nitrogens with zero attached hydrogens (tertiary/aromatic N) is 6. The van der Waals surface area contributed by atoms with Crippen molar-refractivity contribution in [1.82, 2.24) is 28.7 Å². The standard InChI is InChI=1S/C87H56N6/c1-5-21-55(22-6-1)58-39-46-81-76(50-58)77-52-60(59-40-47-80-75(51-59)71-33-15-17-36-78(71)91(80)63-29-11-4-12-30-63)41-48-82(77)92(81)64-42-44-69-67-31-13-14-32-68(67)70-45-43-65(54-74(70)73(69)53-64)93-79-37-18-16-34-72(79)84-66(35-20-38-83(84)93)61-27-19-28-62(49-61)87-89-85(56-23-7-2-8-24-56)88-86(90-87)57-25-9-3-10-26-57/h1-2,4-9,11-54H,3,10H2. The third-order valence-corrected chi connectivity index (χ3v) is 19.3. The lowest BCUT2D eigenvalue weighted by Crippen LogP contribution is -2.03. The van der Waals surface area contributed by atoms with Gasteiger partial charge in [0.25, 0.3) is 0 Å². The molecular formula is C87H56N6. The molecule has 0 bridgehead atoms. The maximum atomic E-state index is 5.16. The Labute approximate surface area is 536 Å². The molecule has 0 radical (unpaired) electrons. The first kappa shape index (κ1) is 52.7. The number of rotatable bonds is 9. The number of aromatic nitrogens is 6. The Hall–Kier alpha value is -12.3. The van der Waals surface area contributed by atoms with Crippen LogP contribution in [0.4, 0.5) is 0 Å². The minimum absolute atomic E-state index is 0.646. The van der Waals surface area contributed by atoms with Crippen LogP contribution in [0.3, 0.4) is 0 Å². The van der Waals surface area contributed by atoms with E-state index in [0.29, 0.717) is 17.5 Å². The molecule has 0 spiro atoms. The molecule has 4 heterocycles. The third-order valence-electron chi connectivity index (χ3n) is 19.3. The second-order valence-electron chi connectivity index (χ2n) is 24.5. The van der Waals surface area contributed by atoms with E-state index in [1.54, 1.807) is 0 Å². The maximum Gasteiger partial charge on any atom is 0.164 e. The highest BCUT2D eigenvalue weighted by Gasteiger charge is 2.22. The largest absolute Gasteiger partial charge is 0.309 e. The van der Waals surface area contributed by atoms with Crippen LogP contribution in [0.5, 0.6) is 0 Å². The summed E-state index contributed by atoms with van der Waals surface area (Å²) in [6.45, 7) is 0. The molecule has 19 rings (SSSR count). The lowest BCUT2D eigenvalue weighted by atomic mass is 9.93. The van der Waals surface area contributed by atoms with Crippen molar-refractivity contribution in [3.63, 3.8) is 0 Å². The van der Waals surface area contributed by atoms with Gasteiger partial charge in [0, 0.05) is 66.1 Å². The Morgan fingerprint density at radius 2 is 0.677 bits per heavy atom. The Balaban J connectivity index is 0.775. The first-order valence-corrected chi connectivity index (χ1v) is 32.1. The van der Waals surface area contributed by atoms with Crippen molar-refractivity contribution in [3.8, 4) is 73.2 Å². The molecule has 0 fully saturated rings. The van der Waals surface area contributed by atoms with Crippen LogP contribution in [-0.2, 0) is 0 Å². The van der Waals surface area contributed by atoms with E-state index in [1.165, 1.54) is 97.9 Å². The second-order valence-corrected chi connectivity index (χ2v) is 24.5. The molecule has 0 saturated heterocycles. The summed E-state index contributed by atoms with van der Waals surface area (Å²) in [6.07, 6.45) is 8.55. The van der Waals surface area contributed by atoms with Crippen LogP contribution >= 0.6 is 0 Å². The number of hydrogen-bond donors (Lipinski definition) is 0. The Bertz CT molecular complexity index is 6160. The molecule has 18 aromatic rings. The first-order chi connectivity index (χ1) is 46.1. The molecule has 14 aromatic carbocycles. The summed E-state index contributed by atoms with van der Waals surface area (Å²) in [5, 5.41) is 14.6. The molecule has 0 aliphatic heterocycles. The lowest BCUT2D eigenvalue weighted by molar-refractivity contribution is 1.01. The molecule has 6 heteroatoms. The normalized spacial score (nSPS) is 12.7. The summed E-state index contributed by atoms with van der Waals surface area (Å²) in [5.74, 6) is 1.99. The van der Waals surface area contributed by atoms with Crippen LogP contribution in [0.1, 0.15) is 18.7 Å². The van der Waals surface area contributed by atoms with Crippen LogP contribution < -0.4 is 0 Å². The molecule has 0 atom stereocenters. The predicted octanol–water partition coefficient (Wildman–Crippen LogP) is 22.7. The van der Waals surface area contributed by atoms with E-state index in [-0.39, 0.29) is 0 Å². The van der Waals surface area contributed by atoms with Crippen molar-refractivity contribution in [1.29, 1.82) is 0 Å². The van der Waals surface area contributed by atoms with Gasteiger partial charge in [-0.2, -0.15) is 0 Å². The molecule has 4 aromatic heterocycles. The van der Waals surface area contributed by atoms with Gasteiger partial charge in [-0.15, -0.1) is 0 Å². The van der Waals surface area contributed by atoms with Gasteiger partial charge in [-0.25, -0.2) is 15.0 Å². The first-order valence-electron chi connectivity index (χ1n) is 32.1. The number of hydrogen-bond acceptors (Lipinski definition) is 3. The third kappa shape index (κ3) is 8.53. The lowest BCUT2D eigenvalue weighted by Gasteiger charge is -2.16. The van der Waals surface area contributed by atoms with Crippen molar-refractivity contribution >= 4 is 103 Å². The van der Waals surface area contributed by atoms with Gasteiger partial charge in [-0.05, 0) is 176 Å². The maximum absolute atomic E-state index is 5.16. The van der Waals surface area contributed by atoms with E-state index >= 15 is 0 Å². The fraction of sp³-hybridized carbons (Fsp3) is 0.0230. The summed E-state index contributed by atoms with van der Waals surface area (Å²) >= 11 is 0. The molecule has 0 amide bonds. The highest BCUT2D eigenvalue weighted by Crippen LogP contribution is 2.45. The minimum atomic E-state index is 0.646. The van der Waals surface area contributed by atoms with Crippen molar-refractivity contribution in [2.75, 3.05) is 0 Å². The predicted molar refractivity (Wildman–Crippen MR) is 389 cm³/mol. The van der Waals surface area contributed by atoms with Gasteiger partial charge in [-0.3, -0.25) is 0 Å². The van der Waals surface area contributed by atoms with Crippen LogP contribution in [0.25, 0.3) is 177 Å². The molecule has 434 valence electrons. The highest BCUT2D eigenvalue weighted by atomic mass is 15.0. The van der Waals surface area contributed by atoms with Crippen LogP contribution in [-0.4, -0.2) is 28.7 Å². The smallest absolute Gasteiger partial charge is 0.164 e. The monoisotopic (exact) mass is 1180 g/mol. The van der Waals surface area contributed by atoms with Gasteiger partial charge >= 0.3 is 0 Å². The molecule has 93 heavy (non-hydrogen) atoms. The molecule has 0 N–H and O–H groups in total. The topological polar surface area (TPSA) is 53.5 Å². The zero-order valence-corrected chi connectivity index (χ0v) is 50.6. The molecule has 1 aliphatic carbocycles. The fourth-order valence-corrected chi connectivity index (χ4v) is 15.0. The van der Waals surface area contributed by atoms with Crippen LogP contribution in [0, 0.1) is 0 Å². The van der Waals surface area contributed by atoms with Gasteiger partial charge in [-0.1, -0.05) is 218 Å². The van der Waals surface area contributed by atoms with Gasteiger partial charge in [0.2, 0.25) is 0 Å². The average molecular weight is 1190 g/mol. The van der Waals surface area contributed by atoms with Gasteiger partial charge < -0.3 is 13.7 Å². The van der Waals surface area contributed by atoms with Gasteiger partial charge in [0.1, 0.15) is 0 Å². The van der Waals surface area contributed by atoms with E-state index < -0.39 is 0 Å². The average Bonchev–Trinajstić information content (AvgIpc) is 1.57. The summed E-state index contributed by atoms with van der Waals surface area (Å²) < 4.78 is 7.34. The van der Waals surface area contributed by atoms with E-state index in [9.17, 15) is 0 Å². The molecule has 0 saturated carbocycles. The van der Waals surface area contributed by atoms with Crippen LogP contribution in [0.15, 0.2) is 315 Å². The molecule has 1 aliphatic rings. The number of allylic oxidation sites excluding steroid dienone is 4. The van der Waals surface area contributed by atoms with E-state index in [0.717, 1.165) is 79.8 Å². The summed E-state index contributed by atoms with van der Waals surface area (Å²) in [7, 11) is 0. The van der Waals surface area contributed by atoms with Crippen molar-refractivity contribution in [3.05, 3.63) is 321 Å². The van der Waals surface area contributed by atoms with Gasteiger partial charge in [0.05, 0.1) is 33.1 Å². The summed E-state index contributed by atoms with van der Waals surface area (Å²) in [6, 6.07) is 109. The minimum Gasteiger partial charge on any atom is -0.309 e. The Kier molecular flexibility index (Phi) is 12.0. The summed E-state index contributed by atoms with van der Waals surface area (Å²) in [5.41, 5.74) is 20.2. The molecule has 6 nitrogen and oxygen atoms in total. The quantitative estimate of drug-likeness (QED) is 0.135. The van der Waals surface area contributed by atoms with Gasteiger partial charge in [0.15, 0.2) is 17.5 Å².